The van der Waals surface area contributed by atoms with Crippen LogP contribution in [-0.4, -0.2) is 35.8 Å². The molecule has 0 spiro atoms. The maximum atomic E-state index is 12.9. The van der Waals surface area contributed by atoms with Crippen LogP contribution < -0.4 is 5.32 Å². The second-order valence-electron chi connectivity index (χ2n) is 5.99. The molecule has 1 N–H and O–H groups in total. The summed E-state index contributed by atoms with van der Waals surface area (Å²) < 4.78 is 10.5. The van der Waals surface area contributed by atoms with Crippen molar-refractivity contribution in [3.05, 3.63) is 60.1 Å². The van der Waals surface area contributed by atoms with E-state index in [2.05, 4.69) is 5.32 Å². The molecule has 1 aromatic carbocycles. The molecule has 3 rings (SSSR count). The Morgan fingerprint density at radius 3 is 2.69 bits per heavy atom. The Balaban J connectivity index is 1.80. The van der Waals surface area contributed by atoms with E-state index in [9.17, 15) is 14.4 Å². The topological polar surface area (TPSA) is 88.8 Å². The predicted molar refractivity (Wildman–Crippen MR) is 92.0 cm³/mol. The summed E-state index contributed by atoms with van der Waals surface area (Å²) in [4.78, 5) is 38.0. The van der Waals surface area contributed by atoms with Gasteiger partial charge >= 0.3 is 6.09 Å². The van der Waals surface area contributed by atoms with Crippen molar-refractivity contribution in [2.24, 2.45) is 0 Å². The zero-order valence-corrected chi connectivity index (χ0v) is 14.2. The average molecular weight is 356 g/mol. The van der Waals surface area contributed by atoms with Crippen molar-refractivity contribution in [3.8, 4) is 0 Å². The maximum absolute atomic E-state index is 12.9. The Labute approximate surface area is 150 Å². The Morgan fingerprint density at radius 2 is 2.08 bits per heavy atom. The van der Waals surface area contributed by atoms with Gasteiger partial charge in [-0.15, -0.1) is 0 Å². The summed E-state index contributed by atoms with van der Waals surface area (Å²) in [5.74, 6) is -0.280. The molecule has 136 valence electrons. The van der Waals surface area contributed by atoms with E-state index < -0.39 is 24.1 Å². The third-order valence-corrected chi connectivity index (χ3v) is 4.24. The van der Waals surface area contributed by atoms with Crippen LogP contribution in [0.5, 0.6) is 0 Å². The van der Waals surface area contributed by atoms with Crippen LogP contribution in [0.15, 0.2) is 53.1 Å². The number of hydrogen-bond donors (Lipinski definition) is 1. The van der Waals surface area contributed by atoms with E-state index in [-0.39, 0.29) is 12.4 Å². The standard InChI is InChI=1S/C19H20N2O5/c22-12-16(17-9-5-11-25-17)21(18(23)15-8-4-10-20-15)19(24)26-13-14-6-2-1-3-7-14/h1-3,5-7,9,11-12,15-16,20H,4,8,10,13H2/t15-,16?/m0/s1. The number of amides is 2. The quantitative estimate of drug-likeness (QED) is 0.800. The van der Waals surface area contributed by atoms with Crippen LogP contribution in [0.3, 0.4) is 0 Å². The Morgan fingerprint density at radius 1 is 1.27 bits per heavy atom. The smallest absolute Gasteiger partial charge is 0.417 e. The van der Waals surface area contributed by atoms with Gasteiger partial charge in [0.2, 0.25) is 5.91 Å². The lowest BCUT2D eigenvalue weighted by molar-refractivity contribution is -0.136. The first kappa shape index (κ1) is 17.9. The molecule has 0 saturated carbocycles. The highest BCUT2D eigenvalue weighted by Gasteiger charge is 2.38. The molecule has 1 unspecified atom stereocenters. The van der Waals surface area contributed by atoms with Crippen LogP contribution in [0, 0.1) is 0 Å². The number of imide groups is 1. The molecule has 0 radical (unpaired) electrons. The van der Waals surface area contributed by atoms with E-state index in [1.165, 1.54) is 6.26 Å². The van der Waals surface area contributed by atoms with E-state index >= 15 is 0 Å². The van der Waals surface area contributed by atoms with Crippen molar-refractivity contribution < 1.29 is 23.5 Å². The average Bonchev–Trinajstić information content (AvgIpc) is 3.38. The number of ether oxygens (including phenoxy) is 1. The fourth-order valence-electron chi connectivity index (χ4n) is 2.91. The minimum Gasteiger partial charge on any atom is -0.467 e. The number of benzene rings is 1. The Hall–Kier alpha value is -2.93. The molecule has 2 heterocycles. The lowest BCUT2D eigenvalue weighted by Crippen LogP contribution is -2.48. The van der Waals surface area contributed by atoms with Crippen LogP contribution in [0.2, 0.25) is 0 Å². The number of aldehydes is 1. The van der Waals surface area contributed by atoms with Gasteiger partial charge in [0.05, 0.1) is 12.3 Å². The van der Waals surface area contributed by atoms with Gasteiger partial charge in [-0.05, 0) is 37.1 Å². The summed E-state index contributed by atoms with van der Waals surface area (Å²) in [5, 5.41) is 3.04. The molecule has 0 aliphatic carbocycles. The predicted octanol–water partition coefficient (Wildman–Crippen LogP) is 2.44. The van der Waals surface area contributed by atoms with Crippen LogP contribution in [0.4, 0.5) is 4.79 Å². The van der Waals surface area contributed by atoms with Crippen molar-refractivity contribution in [2.75, 3.05) is 6.54 Å². The minimum atomic E-state index is -1.16. The summed E-state index contributed by atoms with van der Waals surface area (Å²) in [6.45, 7) is 0.696. The number of nitrogens with one attached hydrogen (secondary N) is 1. The molecular weight excluding hydrogens is 336 g/mol. The van der Waals surface area contributed by atoms with Crippen molar-refractivity contribution in [1.29, 1.82) is 0 Å². The molecule has 26 heavy (non-hydrogen) atoms. The van der Waals surface area contributed by atoms with Gasteiger partial charge < -0.3 is 19.3 Å². The first-order valence-corrected chi connectivity index (χ1v) is 8.46. The molecule has 1 aliphatic rings. The normalized spacial score (nSPS) is 17.5. The van der Waals surface area contributed by atoms with E-state index in [1.807, 2.05) is 30.3 Å². The summed E-state index contributed by atoms with van der Waals surface area (Å²) in [6, 6.07) is 10.6. The molecule has 0 bridgehead atoms. The first-order valence-electron chi connectivity index (χ1n) is 8.46. The number of carbonyl (C=O) groups is 3. The zero-order valence-electron chi connectivity index (χ0n) is 14.2. The van der Waals surface area contributed by atoms with Gasteiger partial charge in [-0.2, -0.15) is 0 Å². The van der Waals surface area contributed by atoms with Crippen LogP contribution in [0.25, 0.3) is 0 Å². The van der Waals surface area contributed by atoms with E-state index in [4.69, 9.17) is 9.15 Å². The molecule has 1 aliphatic heterocycles. The van der Waals surface area contributed by atoms with Crippen molar-refractivity contribution in [3.63, 3.8) is 0 Å². The number of rotatable bonds is 6. The Kier molecular flexibility index (Phi) is 5.80. The molecule has 2 aromatic rings. The highest BCUT2D eigenvalue weighted by atomic mass is 16.6. The van der Waals surface area contributed by atoms with Gasteiger partial charge in [0.25, 0.3) is 0 Å². The van der Waals surface area contributed by atoms with Crippen LogP contribution in [-0.2, 0) is 20.9 Å². The minimum absolute atomic E-state index is 0.00524. The molecule has 2 atom stereocenters. The molecule has 1 saturated heterocycles. The second-order valence-corrected chi connectivity index (χ2v) is 5.99. The molecule has 2 amide bonds. The summed E-state index contributed by atoms with van der Waals surface area (Å²) >= 11 is 0. The number of nitrogens with zero attached hydrogens (tertiary/aromatic N) is 1. The van der Waals surface area contributed by atoms with E-state index in [1.54, 1.807) is 12.1 Å². The van der Waals surface area contributed by atoms with Crippen molar-refractivity contribution in [2.45, 2.75) is 31.5 Å². The lowest BCUT2D eigenvalue weighted by atomic mass is 10.1. The SMILES string of the molecule is O=CC(c1ccco1)N(C(=O)OCc1ccccc1)C(=O)[C@@H]1CCCN1. The largest absolute Gasteiger partial charge is 0.467 e. The van der Waals surface area contributed by atoms with Gasteiger partial charge in [0.1, 0.15) is 12.4 Å². The number of hydrogen-bond acceptors (Lipinski definition) is 6. The highest BCUT2D eigenvalue weighted by molar-refractivity contribution is 5.97. The molecular formula is C19H20N2O5. The zero-order chi connectivity index (χ0) is 18.4. The molecule has 7 nitrogen and oxygen atoms in total. The fraction of sp³-hybridized carbons (Fsp3) is 0.316. The van der Waals surface area contributed by atoms with Gasteiger partial charge in [0.15, 0.2) is 12.3 Å². The third-order valence-electron chi connectivity index (χ3n) is 4.24. The van der Waals surface area contributed by atoms with Crippen LogP contribution in [0.1, 0.15) is 30.2 Å². The van der Waals surface area contributed by atoms with E-state index in [0.29, 0.717) is 19.3 Å². The third kappa shape index (κ3) is 4.00. The molecule has 7 heteroatoms. The summed E-state index contributed by atoms with van der Waals surface area (Å²) in [5.41, 5.74) is 0.785. The monoisotopic (exact) mass is 356 g/mol. The first-order chi connectivity index (χ1) is 12.7. The number of carbonyl (C=O) groups excluding carboxylic acids is 3. The van der Waals surface area contributed by atoms with Gasteiger partial charge in [-0.1, -0.05) is 30.3 Å². The van der Waals surface area contributed by atoms with Gasteiger partial charge in [-0.25, -0.2) is 9.69 Å². The molecule has 1 fully saturated rings. The second kappa shape index (κ2) is 8.44. The lowest BCUT2D eigenvalue weighted by Gasteiger charge is -2.27. The van der Waals surface area contributed by atoms with Crippen molar-refractivity contribution >= 4 is 18.3 Å². The fourth-order valence-corrected chi connectivity index (χ4v) is 2.91. The van der Waals surface area contributed by atoms with E-state index in [0.717, 1.165) is 16.9 Å². The summed E-state index contributed by atoms with van der Waals surface area (Å²) in [6.07, 6.45) is 2.45. The van der Waals surface area contributed by atoms with Crippen LogP contribution >= 0.6 is 0 Å². The van der Waals surface area contributed by atoms with Gasteiger partial charge in [-0.3, -0.25) is 4.79 Å². The maximum Gasteiger partial charge on any atom is 0.417 e. The molecule has 1 aromatic heterocycles. The highest BCUT2D eigenvalue weighted by Crippen LogP contribution is 2.23. The van der Waals surface area contributed by atoms with Gasteiger partial charge in [0, 0.05) is 0 Å². The Bertz CT molecular complexity index is 739. The van der Waals surface area contributed by atoms with Crippen molar-refractivity contribution in [1.82, 2.24) is 10.2 Å². The summed E-state index contributed by atoms with van der Waals surface area (Å²) in [7, 11) is 0. The number of furan rings is 1.